The van der Waals surface area contributed by atoms with Gasteiger partial charge in [-0.25, -0.2) is 9.78 Å². The fraction of sp³-hybridized carbons (Fsp3) is 0.647. The quantitative estimate of drug-likeness (QED) is 0.777. The average Bonchev–Trinajstić information content (AvgIpc) is 2.48. The van der Waals surface area contributed by atoms with Crippen LogP contribution in [0.1, 0.15) is 40.0 Å². The summed E-state index contributed by atoms with van der Waals surface area (Å²) in [6.07, 6.45) is 4.56. The Morgan fingerprint density at radius 2 is 2.22 bits per heavy atom. The van der Waals surface area contributed by atoms with Gasteiger partial charge in [0.1, 0.15) is 5.60 Å². The molecule has 1 saturated heterocycles. The van der Waals surface area contributed by atoms with E-state index in [2.05, 4.69) is 20.9 Å². The van der Waals surface area contributed by atoms with E-state index in [1.807, 2.05) is 37.8 Å². The van der Waals surface area contributed by atoms with Gasteiger partial charge in [-0.1, -0.05) is 0 Å². The van der Waals surface area contributed by atoms with Crippen molar-refractivity contribution in [2.45, 2.75) is 45.6 Å². The van der Waals surface area contributed by atoms with E-state index in [9.17, 15) is 4.79 Å². The lowest BCUT2D eigenvalue weighted by atomic mass is 9.95. The largest absolute Gasteiger partial charge is 0.478 e. The molecule has 0 saturated carbocycles. The van der Waals surface area contributed by atoms with Gasteiger partial charge in [-0.15, -0.1) is 0 Å². The molecular weight excluding hydrogens is 360 g/mol. The molecule has 23 heavy (non-hydrogen) atoms. The maximum Gasteiger partial charge on any atom is 0.410 e. The Hall–Kier alpha value is -1.30. The second-order valence-electron chi connectivity index (χ2n) is 6.89. The van der Waals surface area contributed by atoms with Crippen molar-refractivity contribution in [1.29, 1.82) is 0 Å². The number of hydrogen-bond donors (Lipinski definition) is 0. The highest BCUT2D eigenvalue weighted by Crippen LogP contribution is 2.22. The fourth-order valence-corrected chi connectivity index (χ4v) is 2.81. The Balaban J connectivity index is 1.75. The summed E-state index contributed by atoms with van der Waals surface area (Å²) >= 11 is 3.35. The molecular formula is C17H25BrN2O3. The van der Waals surface area contributed by atoms with E-state index < -0.39 is 5.60 Å². The molecule has 1 amide bonds. The standard InChI is InChI=1S/C17H25BrN2O3/c1-17(2,3)23-16(21)20-9-4-5-13(12-20)8-10-22-15-7-6-14(18)11-19-15/h6-7,11,13H,4-5,8-10,12H2,1-3H3/t13-/m1/s1. The van der Waals surface area contributed by atoms with Crippen LogP contribution in [0.25, 0.3) is 0 Å². The van der Waals surface area contributed by atoms with Crippen LogP contribution < -0.4 is 4.74 Å². The van der Waals surface area contributed by atoms with Crippen LogP contribution in [0.4, 0.5) is 4.79 Å². The van der Waals surface area contributed by atoms with Crippen molar-refractivity contribution in [2.75, 3.05) is 19.7 Å². The first kappa shape index (κ1) is 18.0. The molecule has 0 N–H and O–H groups in total. The molecule has 2 heterocycles. The lowest BCUT2D eigenvalue weighted by molar-refractivity contribution is 0.0154. The summed E-state index contributed by atoms with van der Waals surface area (Å²) in [6.45, 7) is 7.82. The number of carbonyl (C=O) groups excluding carboxylic acids is 1. The first-order chi connectivity index (χ1) is 10.8. The van der Waals surface area contributed by atoms with Gasteiger partial charge in [0.25, 0.3) is 0 Å². The molecule has 2 rings (SSSR count). The van der Waals surface area contributed by atoms with Crippen LogP contribution in [0, 0.1) is 5.92 Å². The van der Waals surface area contributed by atoms with Crippen molar-refractivity contribution in [3.8, 4) is 5.88 Å². The van der Waals surface area contributed by atoms with Gasteiger partial charge in [0.15, 0.2) is 0 Å². The number of piperidine rings is 1. The van der Waals surface area contributed by atoms with Crippen molar-refractivity contribution in [3.05, 3.63) is 22.8 Å². The number of nitrogens with zero attached hydrogens (tertiary/aromatic N) is 2. The van der Waals surface area contributed by atoms with Gasteiger partial charge in [-0.3, -0.25) is 0 Å². The minimum absolute atomic E-state index is 0.210. The summed E-state index contributed by atoms with van der Waals surface area (Å²) < 4.78 is 12.1. The Bertz CT molecular complexity index is 514. The van der Waals surface area contributed by atoms with Crippen LogP contribution in [-0.4, -0.2) is 41.3 Å². The van der Waals surface area contributed by atoms with Crippen LogP contribution >= 0.6 is 15.9 Å². The predicted molar refractivity (Wildman–Crippen MR) is 92.6 cm³/mol. The summed E-state index contributed by atoms with van der Waals surface area (Å²) in [4.78, 5) is 18.2. The van der Waals surface area contributed by atoms with Crippen LogP contribution in [-0.2, 0) is 4.74 Å². The molecule has 1 fully saturated rings. The second-order valence-corrected chi connectivity index (χ2v) is 7.80. The van der Waals surface area contributed by atoms with E-state index in [1.165, 1.54) is 0 Å². The van der Waals surface area contributed by atoms with E-state index >= 15 is 0 Å². The highest BCUT2D eigenvalue weighted by molar-refractivity contribution is 9.10. The molecule has 6 heteroatoms. The molecule has 0 bridgehead atoms. The minimum atomic E-state index is -0.444. The first-order valence-electron chi connectivity index (χ1n) is 8.06. The molecule has 128 valence electrons. The summed E-state index contributed by atoms with van der Waals surface area (Å²) in [7, 11) is 0. The van der Waals surface area contributed by atoms with Crippen molar-refractivity contribution in [3.63, 3.8) is 0 Å². The molecule has 5 nitrogen and oxygen atoms in total. The van der Waals surface area contributed by atoms with Crippen molar-refractivity contribution in [1.82, 2.24) is 9.88 Å². The molecule has 1 aliphatic rings. The molecule has 0 aliphatic carbocycles. The number of halogens is 1. The van der Waals surface area contributed by atoms with Crippen molar-refractivity contribution >= 4 is 22.0 Å². The van der Waals surface area contributed by atoms with Crippen LogP contribution in [0.5, 0.6) is 5.88 Å². The zero-order chi connectivity index (χ0) is 16.9. The van der Waals surface area contributed by atoms with Gasteiger partial charge in [0, 0.05) is 29.8 Å². The van der Waals surface area contributed by atoms with Crippen molar-refractivity contribution < 1.29 is 14.3 Å². The molecule has 1 aromatic heterocycles. The van der Waals surface area contributed by atoms with E-state index in [4.69, 9.17) is 9.47 Å². The summed E-state index contributed by atoms with van der Waals surface area (Å²) in [5, 5.41) is 0. The maximum absolute atomic E-state index is 12.1. The first-order valence-corrected chi connectivity index (χ1v) is 8.85. The number of rotatable bonds is 4. The highest BCUT2D eigenvalue weighted by atomic mass is 79.9. The normalized spacial score (nSPS) is 18.6. The zero-order valence-electron chi connectivity index (χ0n) is 14.0. The lowest BCUT2D eigenvalue weighted by Crippen LogP contribution is -2.43. The van der Waals surface area contributed by atoms with E-state index in [0.29, 0.717) is 18.4 Å². The van der Waals surface area contributed by atoms with E-state index in [1.54, 1.807) is 6.20 Å². The average molecular weight is 385 g/mol. The molecule has 0 unspecified atom stereocenters. The highest BCUT2D eigenvalue weighted by Gasteiger charge is 2.27. The molecule has 0 aromatic carbocycles. The smallest absolute Gasteiger partial charge is 0.410 e. The van der Waals surface area contributed by atoms with Gasteiger partial charge in [-0.2, -0.15) is 0 Å². The number of aromatic nitrogens is 1. The summed E-state index contributed by atoms with van der Waals surface area (Å²) in [5.74, 6) is 1.08. The zero-order valence-corrected chi connectivity index (χ0v) is 15.6. The molecule has 0 radical (unpaired) electrons. The topological polar surface area (TPSA) is 51.7 Å². The molecule has 0 spiro atoms. The van der Waals surface area contributed by atoms with Gasteiger partial charge in [0.2, 0.25) is 5.88 Å². The van der Waals surface area contributed by atoms with Gasteiger partial charge in [-0.05, 0) is 67.9 Å². The number of amides is 1. The number of carbonyl (C=O) groups is 1. The van der Waals surface area contributed by atoms with Crippen LogP contribution in [0.2, 0.25) is 0 Å². The number of pyridine rings is 1. The fourth-order valence-electron chi connectivity index (χ4n) is 2.57. The van der Waals surface area contributed by atoms with Crippen LogP contribution in [0.3, 0.4) is 0 Å². The Morgan fingerprint density at radius 3 is 2.87 bits per heavy atom. The van der Waals surface area contributed by atoms with Gasteiger partial charge in [0.05, 0.1) is 6.61 Å². The molecule has 1 aliphatic heterocycles. The van der Waals surface area contributed by atoms with Gasteiger partial charge < -0.3 is 14.4 Å². The maximum atomic E-state index is 12.1. The predicted octanol–water partition coefficient (Wildman–Crippen LogP) is 4.26. The van der Waals surface area contributed by atoms with E-state index in [0.717, 1.165) is 36.8 Å². The number of ether oxygens (including phenoxy) is 2. The SMILES string of the molecule is CC(C)(C)OC(=O)N1CCC[C@H](CCOc2ccc(Br)cn2)C1. The van der Waals surface area contributed by atoms with Crippen molar-refractivity contribution in [2.24, 2.45) is 5.92 Å². The third-order valence-electron chi connectivity index (χ3n) is 3.65. The third kappa shape index (κ3) is 6.37. The second kappa shape index (κ2) is 7.99. The van der Waals surface area contributed by atoms with Crippen LogP contribution in [0.15, 0.2) is 22.8 Å². The summed E-state index contributed by atoms with van der Waals surface area (Å²) in [6, 6.07) is 3.76. The Morgan fingerprint density at radius 1 is 1.43 bits per heavy atom. The molecule has 1 atom stereocenters. The third-order valence-corrected chi connectivity index (χ3v) is 4.12. The monoisotopic (exact) mass is 384 g/mol. The Kier molecular flexibility index (Phi) is 6.27. The lowest BCUT2D eigenvalue weighted by Gasteiger charge is -2.34. The van der Waals surface area contributed by atoms with E-state index in [-0.39, 0.29) is 6.09 Å². The Labute approximate surface area is 146 Å². The minimum Gasteiger partial charge on any atom is -0.478 e. The van der Waals surface area contributed by atoms with Gasteiger partial charge >= 0.3 is 6.09 Å². The molecule has 1 aromatic rings. The number of likely N-dealkylation sites (tertiary alicyclic amines) is 1. The summed E-state index contributed by atoms with van der Waals surface area (Å²) in [5.41, 5.74) is -0.444. The number of hydrogen-bond acceptors (Lipinski definition) is 4.